The Bertz CT molecular complexity index is 195. The highest BCUT2D eigenvalue weighted by Crippen LogP contribution is 2.28. The van der Waals surface area contributed by atoms with Crippen molar-refractivity contribution in [3.8, 4) is 0 Å². The third-order valence-corrected chi connectivity index (χ3v) is 3.30. The molecule has 0 unspecified atom stereocenters. The molecule has 1 aliphatic rings. The molecule has 0 heterocycles. The van der Waals surface area contributed by atoms with Gasteiger partial charge in [-0.3, -0.25) is 4.90 Å². The highest BCUT2D eigenvalue weighted by molar-refractivity contribution is 5.10. The fourth-order valence-corrected chi connectivity index (χ4v) is 1.97. The van der Waals surface area contributed by atoms with Crippen LogP contribution in [0, 0.1) is 6.04 Å². The zero-order valence-corrected chi connectivity index (χ0v) is 10.2. The van der Waals surface area contributed by atoms with Crippen molar-refractivity contribution >= 4 is 0 Å². The number of rotatable bonds is 3. The molecule has 14 heavy (non-hydrogen) atoms. The molecule has 0 N–H and O–H groups in total. The van der Waals surface area contributed by atoms with E-state index in [-0.39, 0.29) is 0 Å². The van der Waals surface area contributed by atoms with E-state index < -0.39 is 0 Å². The highest BCUT2D eigenvalue weighted by Gasteiger charge is 2.18. The first-order valence-corrected chi connectivity index (χ1v) is 5.80. The number of nitrogens with zero attached hydrogens (tertiary/aromatic N) is 1. The second-order valence-corrected chi connectivity index (χ2v) is 4.76. The van der Waals surface area contributed by atoms with Gasteiger partial charge in [0.2, 0.25) is 0 Å². The standard InChI is InChI=1S/C13H24N/c1-11(2)12(3)10-14(4)13-8-6-5-7-9-13/h5-10H2,1-4H3. The van der Waals surface area contributed by atoms with Gasteiger partial charge in [-0.1, -0.05) is 30.4 Å². The van der Waals surface area contributed by atoms with E-state index in [1.165, 1.54) is 43.3 Å². The summed E-state index contributed by atoms with van der Waals surface area (Å²) >= 11 is 0. The summed E-state index contributed by atoms with van der Waals surface area (Å²) in [5.41, 5.74) is 2.99. The van der Waals surface area contributed by atoms with Crippen molar-refractivity contribution in [3.05, 3.63) is 17.2 Å². The van der Waals surface area contributed by atoms with E-state index in [1.807, 2.05) is 0 Å². The van der Waals surface area contributed by atoms with Crippen molar-refractivity contribution in [2.45, 2.75) is 52.9 Å². The van der Waals surface area contributed by atoms with Crippen LogP contribution in [0.1, 0.15) is 52.9 Å². The van der Waals surface area contributed by atoms with E-state index in [1.54, 1.807) is 6.04 Å². The van der Waals surface area contributed by atoms with Gasteiger partial charge < -0.3 is 0 Å². The molecule has 81 valence electrons. The van der Waals surface area contributed by atoms with Gasteiger partial charge in [0, 0.05) is 12.6 Å². The van der Waals surface area contributed by atoms with Crippen molar-refractivity contribution in [2.24, 2.45) is 0 Å². The minimum atomic E-state index is 1.12. The molecule has 0 amide bonds. The summed E-state index contributed by atoms with van der Waals surface area (Å²) in [5.74, 6) is 0. The van der Waals surface area contributed by atoms with Gasteiger partial charge in [-0.05, 0) is 40.7 Å². The van der Waals surface area contributed by atoms with E-state index >= 15 is 0 Å². The Labute approximate surface area is 89.2 Å². The summed E-state index contributed by atoms with van der Waals surface area (Å²) in [6, 6.07) is 1.66. The molecule has 1 nitrogen and oxygen atoms in total. The van der Waals surface area contributed by atoms with Gasteiger partial charge in [-0.2, -0.15) is 0 Å². The van der Waals surface area contributed by atoms with Gasteiger partial charge >= 0.3 is 0 Å². The van der Waals surface area contributed by atoms with Crippen LogP contribution in [-0.2, 0) is 0 Å². The van der Waals surface area contributed by atoms with Gasteiger partial charge in [0.15, 0.2) is 0 Å². The molecular formula is C13H24N. The minimum Gasteiger partial charge on any atom is -0.295 e. The van der Waals surface area contributed by atoms with Gasteiger partial charge in [0.25, 0.3) is 0 Å². The lowest BCUT2D eigenvalue weighted by Gasteiger charge is -2.30. The van der Waals surface area contributed by atoms with Crippen molar-refractivity contribution < 1.29 is 0 Å². The number of allylic oxidation sites excluding steroid dienone is 1. The molecule has 0 bridgehead atoms. The van der Waals surface area contributed by atoms with Gasteiger partial charge in [0.05, 0.1) is 0 Å². The van der Waals surface area contributed by atoms with Crippen molar-refractivity contribution in [2.75, 3.05) is 13.6 Å². The molecule has 1 radical (unpaired) electrons. The van der Waals surface area contributed by atoms with Crippen LogP contribution >= 0.6 is 0 Å². The van der Waals surface area contributed by atoms with Crippen LogP contribution < -0.4 is 0 Å². The molecule has 0 aromatic carbocycles. The fourth-order valence-electron chi connectivity index (χ4n) is 1.97. The topological polar surface area (TPSA) is 3.24 Å². The zero-order valence-electron chi connectivity index (χ0n) is 10.2. The van der Waals surface area contributed by atoms with Crippen molar-refractivity contribution in [1.29, 1.82) is 0 Å². The molecule has 1 rings (SSSR count). The molecule has 1 heteroatoms. The highest BCUT2D eigenvalue weighted by atomic mass is 15.1. The Morgan fingerprint density at radius 1 is 1.07 bits per heavy atom. The quantitative estimate of drug-likeness (QED) is 0.618. The van der Waals surface area contributed by atoms with Gasteiger partial charge in [-0.15, -0.1) is 0 Å². The second kappa shape index (κ2) is 5.55. The summed E-state index contributed by atoms with van der Waals surface area (Å²) in [4.78, 5) is 2.46. The lowest BCUT2D eigenvalue weighted by molar-refractivity contribution is 0.301. The first kappa shape index (κ1) is 11.8. The lowest BCUT2D eigenvalue weighted by atomic mass is 9.94. The minimum absolute atomic E-state index is 1.12. The molecule has 1 aliphatic carbocycles. The largest absolute Gasteiger partial charge is 0.295 e. The van der Waals surface area contributed by atoms with E-state index in [2.05, 4.69) is 32.7 Å². The van der Waals surface area contributed by atoms with E-state index in [0.29, 0.717) is 0 Å². The predicted molar refractivity (Wildman–Crippen MR) is 63.0 cm³/mol. The maximum absolute atomic E-state index is 2.46. The Morgan fingerprint density at radius 2 is 1.64 bits per heavy atom. The SMILES string of the molecule is CC(C)=C(C)CN(C)[C]1CCCCC1. The Morgan fingerprint density at radius 3 is 2.14 bits per heavy atom. The van der Waals surface area contributed by atoms with E-state index in [9.17, 15) is 0 Å². The Hall–Kier alpha value is -0.300. The van der Waals surface area contributed by atoms with Crippen LogP contribution in [0.25, 0.3) is 0 Å². The van der Waals surface area contributed by atoms with Crippen LogP contribution in [0.5, 0.6) is 0 Å². The fraction of sp³-hybridized carbons (Fsp3) is 0.769. The van der Waals surface area contributed by atoms with Gasteiger partial charge in [0.1, 0.15) is 0 Å². The van der Waals surface area contributed by atoms with Crippen LogP contribution in [-0.4, -0.2) is 18.5 Å². The molecule has 0 aromatic heterocycles. The molecule has 0 atom stereocenters. The lowest BCUT2D eigenvalue weighted by Crippen LogP contribution is -2.28. The average molecular weight is 194 g/mol. The third kappa shape index (κ3) is 3.45. The van der Waals surface area contributed by atoms with E-state index in [0.717, 1.165) is 6.54 Å². The monoisotopic (exact) mass is 194 g/mol. The molecule has 1 saturated carbocycles. The van der Waals surface area contributed by atoms with Crippen molar-refractivity contribution in [3.63, 3.8) is 0 Å². The van der Waals surface area contributed by atoms with Crippen LogP contribution in [0.3, 0.4) is 0 Å². The Kier molecular flexibility index (Phi) is 4.67. The zero-order chi connectivity index (χ0) is 10.6. The molecule has 0 aromatic rings. The van der Waals surface area contributed by atoms with E-state index in [4.69, 9.17) is 0 Å². The second-order valence-electron chi connectivity index (χ2n) is 4.76. The summed E-state index contributed by atoms with van der Waals surface area (Å²) in [6.45, 7) is 7.77. The number of likely N-dealkylation sites (N-methyl/N-ethyl adjacent to an activating group) is 1. The normalized spacial score (nSPS) is 18.6. The Balaban J connectivity index is 2.40. The average Bonchev–Trinajstić information content (AvgIpc) is 2.19. The molecule has 1 fully saturated rings. The smallest absolute Gasteiger partial charge is 0.0393 e. The number of hydrogen-bond donors (Lipinski definition) is 0. The molecule has 0 spiro atoms. The van der Waals surface area contributed by atoms with Crippen LogP contribution in [0.2, 0.25) is 0 Å². The first-order chi connectivity index (χ1) is 6.61. The van der Waals surface area contributed by atoms with Crippen LogP contribution in [0.4, 0.5) is 0 Å². The van der Waals surface area contributed by atoms with Gasteiger partial charge in [-0.25, -0.2) is 0 Å². The number of hydrogen-bond acceptors (Lipinski definition) is 1. The molecule has 0 saturated heterocycles. The first-order valence-electron chi connectivity index (χ1n) is 5.80. The van der Waals surface area contributed by atoms with Crippen molar-refractivity contribution in [1.82, 2.24) is 4.90 Å². The summed E-state index contributed by atoms with van der Waals surface area (Å²) < 4.78 is 0. The maximum atomic E-state index is 2.46. The summed E-state index contributed by atoms with van der Waals surface area (Å²) in [6.07, 6.45) is 6.87. The molecule has 0 aliphatic heterocycles. The summed E-state index contributed by atoms with van der Waals surface area (Å²) in [5, 5.41) is 0. The van der Waals surface area contributed by atoms with Crippen LogP contribution in [0.15, 0.2) is 11.1 Å². The molecular weight excluding hydrogens is 170 g/mol. The summed E-state index contributed by atoms with van der Waals surface area (Å²) in [7, 11) is 2.24. The predicted octanol–water partition coefficient (Wildman–Crippen LogP) is 3.77. The maximum Gasteiger partial charge on any atom is 0.0393 e. The third-order valence-electron chi connectivity index (χ3n) is 3.30.